The second-order valence-corrected chi connectivity index (χ2v) is 4.68. The van der Waals surface area contributed by atoms with Crippen LogP contribution in [0.5, 0.6) is 0 Å². The van der Waals surface area contributed by atoms with Crippen LogP contribution in [0, 0.1) is 5.92 Å². The molecule has 2 unspecified atom stereocenters. The fourth-order valence-corrected chi connectivity index (χ4v) is 2.33. The highest BCUT2D eigenvalue weighted by atomic mass is 32.1. The number of hydrogen-bond donors (Lipinski definition) is 2. The van der Waals surface area contributed by atoms with E-state index in [4.69, 9.17) is 5.73 Å². The molecule has 1 aromatic heterocycles. The van der Waals surface area contributed by atoms with Crippen molar-refractivity contribution in [2.24, 2.45) is 11.7 Å². The van der Waals surface area contributed by atoms with Crippen LogP contribution in [0.2, 0.25) is 0 Å². The molecule has 1 amide bonds. The van der Waals surface area contributed by atoms with Crippen molar-refractivity contribution in [3.63, 3.8) is 0 Å². The molecule has 0 saturated heterocycles. The molecule has 0 aromatic carbocycles. The molecule has 1 fully saturated rings. The zero-order chi connectivity index (χ0) is 10.7. The summed E-state index contributed by atoms with van der Waals surface area (Å²) in [5.41, 5.74) is 5.83. The molecule has 1 aliphatic rings. The van der Waals surface area contributed by atoms with Gasteiger partial charge in [0.15, 0.2) is 0 Å². The fourth-order valence-electron chi connectivity index (χ4n) is 1.91. The Morgan fingerprint density at radius 2 is 2.47 bits per heavy atom. The Hall–Kier alpha value is -1.01. The van der Waals surface area contributed by atoms with Crippen LogP contribution in [-0.2, 0) is 4.79 Å². The zero-order valence-corrected chi connectivity index (χ0v) is 9.17. The van der Waals surface area contributed by atoms with Gasteiger partial charge in [-0.15, -0.1) is 5.10 Å². The molecule has 1 aliphatic carbocycles. The van der Waals surface area contributed by atoms with Crippen LogP contribution in [0.15, 0.2) is 6.20 Å². The predicted octanol–water partition coefficient (Wildman–Crippen LogP) is 0.994. The average Bonchev–Trinajstić information content (AvgIpc) is 2.70. The SMILES string of the molecule is NC1CCCC(C(=O)Nc2cnns2)C1. The van der Waals surface area contributed by atoms with Gasteiger partial charge in [0, 0.05) is 23.5 Å². The minimum absolute atomic E-state index is 0.0517. The van der Waals surface area contributed by atoms with Crippen molar-refractivity contribution in [1.82, 2.24) is 9.59 Å². The van der Waals surface area contributed by atoms with Gasteiger partial charge >= 0.3 is 0 Å². The Balaban J connectivity index is 1.90. The lowest BCUT2D eigenvalue weighted by molar-refractivity contribution is -0.120. The third-order valence-corrected chi connectivity index (χ3v) is 3.27. The number of amides is 1. The largest absolute Gasteiger partial charge is 0.328 e. The summed E-state index contributed by atoms with van der Waals surface area (Å²) in [6.45, 7) is 0. The van der Waals surface area contributed by atoms with Crippen LogP contribution in [-0.4, -0.2) is 21.5 Å². The molecule has 2 atom stereocenters. The van der Waals surface area contributed by atoms with Crippen molar-refractivity contribution in [3.8, 4) is 0 Å². The number of nitrogens with two attached hydrogens (primary N) is 1. The highest BCUT2D eigenvalue weighted by Gasteiger charge is 2.25. The number of nitrogens with zero attached hydrogens (tertiary/aromatic N) is 2. The normalized spacial score (nSPS) is 26.2. The van der Waals surface area contributed by atoms with Gasteiger partial charge in [0.05, 0.1) is 6.20 Å². The lowest BCUT2D eigenvalue weighted by Gasteiger charge is -2.25. The molecule has 1 saturated carbocycles. The molecule has 1 heterocycles. The molecule has 3 N–H and O–H groups in total. The van der Waals surface area contributed by atoms with Crippen LogP contribution < -0.4 is 11.1 Å². The second-order valence-electron chi connectivity index (χ2n) is 3.89. The van der Waals surface area contributed by atoms with Gasteiger partial charge in [0.2, 0.25) is 5.91 Å². The minimum atomic E-state index is 0.0517. The van der Waals surface area contributed by atoms with Gasteiger partial charge in [0.1, 0.15) is 5.00 Å². The van der Waals surface area contributed by atoms with E-state index < -0.39 is 0 Å². The van der Waals surface area contributed by atoms with Gasteiger partial charge in [-0.1, -0.05) is 10.9 Å². The summed E-state index contributed by atoms with van der Waals surface area (Å²) in [6, 6.07) is 0.175. The van der Waals surface area contributed by atoms with E-state index in [0.717, 1.165) is 25.7 Å². The van der Waals surface area contributed by atoms with E-state index in [2.05, 4.69) is 14.9 Å². The minimum Gasteiger partial charge on any atom is -0.328 e. The van der Waals surface area contributed by atoms with E-state index in [9.17, 15) is 4.79 Å². The molecule has 0 aliphatic heterocycles. The van der Waals surface area contributed by atoms with Crippen LogP contribution in [0.4, 0.5) is 5.00 Å². The van der Waals surface area contributed by atoms with E-state index in [1.807, 2.05) is 0 Å². The summed E-state index contributed by atoms with van der Waals surface area (Å²) < 4.78 is 3.69. The number of aromatic nitrogens is 2. The number of anilines is 1. The van der Waals surface area contributed by atoms with Crippen molar-refractivity contribution in [3.05, 3.63) is 6.20 Å². The van der Waals surface area contributed by atoms with E-state index >= 15 is 0 Å². The van der Waals surface area contributed by atoms with Crippen molar-refractivity contribution < 1.29 is 4.79 Å². The molecule has 15 heavy (non-hydrogen) atoms. The zero-order valence-electron chi connectivity index (χ0n) is 8.35. The lowest BCUT2D eigenvalue weighted by Crippen LogP contribution is -2.34. The highest BCUT2D eigenvalue weighted by molar-refractivity contribution is 7.10. The third-order valence-electron chi connectivity index (χ3n) is 2.69. The summed E-state index contributed by atoms with van der Waals surface area (Å²) in [5, 5.41) is 7.18. The first kappa shape index (κ1) is 10.5. The summed E-state index contributed by atoms with van der Waals surface area (Å²) >= 11 is 1.19. The number of carbonyl (C=O) groups is 1. The van der Waals surface area contributed by atoms with Gasteiger partial charge < -0.3 is 11.1 Å². The first-order valence-electron chi connectivity index (χ1n) is 5.09. The number of carbonyl (C=O) groups excluding carboxylic acids is 1. The van der Waals surface area contributed by atoms with Gasteiger partial charge in [-0.2, -0.15) is 0 Å². The monoisotopic (exact) mass is 226 g/mol. The van der Waals surface area contributed by atoms with Crippen LogP contribution >= 0.6 is 11.5 Å². The maximum atomic E-state index is 11.8. The Labute approximate surface area is 92.2 Å². The van der Waals surface area contributed by atoms with Crippen molar-refractivity contribution in [2.75, 3.05) is 5.32 Å². The fraction of sp³-hybridized carbons (Fsp3) is 0.667. The molecule has 0 spiro atoms. The molecule has 82 valence electrons. The Kier molecular flexibility index (Phi) is 3.27. The van der Waals surface area contributed by atoms with Crippen LogP contribution in [0.3, 0.4) is 0 Å². The molecule has 6 heteroatoms. The van der Waals surface area contributed by atoms with Gasteiger partial charge in [-0.25, -0.2) is 0 Å². The van der Waals surface area contributed by atoms with E-state index in [-0.39, 0.29) is 17.9 Å². The topological polar surface area (TPSA) is 80.9 Å². The Bertz CT molecular complexity index is 327. The molecular formula is C9H14N4OS. The van der Waals surface area contributed by atoms with Gasteiger partial charge in [-0.3, -0.25) is 4.79 Å². The Morgan fingerprint density at radius 1 is 1.60 bits per heavy atom. The standard InChI is InChI=1S/C9H14N4OS/c10-7-3-1-2-6(4-7)9(14)12-8-5-11-13-15-8/h5-7H,1-4,10H2,(H,12,14). The number of hydrogen-bond acceptors (Lipinski definition) is 5. The summed E-state index contributed by atoms with van der Waals surface area (Å²) in [4.78, 5) is 11.8. The predicted molar refractivity (Wildman–Crippen MR) is 58.5 cm³/mol. The maximum Gasteiger partial charge on any atom is 0.228 e. The first-order valence-corrected chi connectivity index (χ1v) is 5.87. The Morgan fingerprint density at radius 3 is 3.13 bits per heavy atom. The highest BCUT2D eigenvalue weighted by Crippen LogP contribution is 2.24. The first-order chi connectivity index (χ1) is 7.25. The molecule has 0 bridgehead atoms. The van der Waals surface area contributed by atoms with Crippen LogP contribution in [0.25, 0.3) is 0 Å². The van der Waals surface area contributed by atoms with Crippen molar-refractivity contribution >= 4 is 22.4 Å². The second kappa shape index (κ2) is 4.67. The molecule has 2 rings (SSSR count). The summed E-state index contributed by atoms with van der Waals surface area (Å²) in [6.07, 6.45) is 5.36. The number of rotatable bonds is 2. The molecular weight excluding hydrogens is 212 g/mol. The van der Waals surface area contributed by atoms with E-state index in [1.54, 1.807) is 6.20 Å². The summed E-state index contributed by atoms with van der Waals surface area (Å²) in [7, 11) is 0. The average molecular weight is 226 g/mol. The maximum absolute atomic E-state index is 11.8. The van der Waals surface area contributed by atoms with E-state index in [0.29, 0.717) is 5.00 Å². The van der Waals surface area contributed by atoms with Crippen LogP contribution in [0.1, 0.15) is 25.7 Å². The third kappa shape index (κ3) is 2.73. The van der Waals surface area contributed by atoms with Crippen molar-refractivity contribution in [1.29, 1.82) is 0 Å². The van der Waals surface area contributed by atoms with E-state index in [1.165, 1.54) is 11.5 Å². The number of nitrogens with one attached hydrogen (secondary N) is 1. The summed E-state index contributed by atoms with van der Waals surface area (Å²) in [5.74, 6) is 0.104. The lowest BCUT2D eigenvalue weighted by atomic mass is 9.85. The van der Waals surface area contributed by atoms with Crippen molar-refractivity contribution in [2.45, 2.75) is 31.7 Å². The molecule has 5 nitrogen and oxygen atoms in total. The molecule has 1 aromatic rings. The van der Waals surface area contributed by atoms with Gasteiger partial charge in [-0.05, 0) is 19.3 Å². The smallest absolute Gasteiger partial charge is 0.228 e. The molecule has 0 radical (unpaired) electrons. The quantitative estimate of drug-likeness (QED) is 0.788. The van der Waals surface area contributed by atoms with Gasteiger partial charge in [0.25, 0.3) is 0 Å².